The average molecular weight is 328 g/mol. The first-order valence-electron chi connectivity index (χ1n) is 6.11. The van der Waals surface area contributed by atoms with E-state index in [0.29, 0.717) is 5.56 Å². The van der Waals surface area contributed by atoms with Gasteiger partial charge in [-0.3, -0.25) is 10.2 Å². The van der Waals surface area contributed by atoms with E-state index in [0.717, 1.165) is 0 Å². The van der Waals surface area contributed by atoms with Gasteiger partial charge in [0.2, 0.25) is 0 Å². The lowest BCUT2D eigenvalue weighted by Gasteiger charge is -2.15. The number of carbonyl (C=O) groups excluding carboxylic acids is 2. The van der Waals surface area contributed by atoms with Gasteiger partial charge in [0.25, 0.3) is 5.91 Å². The molecule has 0 aliphatic carbocycles. The molecule has 22 heavy (non-hydrogen) atoms. The molecule has 0 saturated heterocycles. The number of amides is 2. The fourth-order valence-corrected chi connectivity index (χ4v) is 1.82. The predicted octanol–water partition coefficient (Wildman–Crippen LogP) is 2.99. The van der Waals surface area contributed by atoms with E-state index in [4.69, 9.17) is 21.9 Å². The Balaban J connectivity index is 3.20. The molecule has 1 aromatic rings. The molecule has 0 unspecified atom stereocenters. The fraction of sp³-hybridized carbons (Fsp3) is 0.333. The number of azide groups is 1. The van der Waals surface area contributed by atoms with Crippen LogP contribution in [0, 0.1) is 6.92 Å². The van der Waals surface area contributed by atoms with Crippen molar-refractivity contribution in [3.05, 3.63) is 32.7 Å². The van der Waals surface area contributed by atoms with Crippen LogP contribution in [0.2, 0.25) is 5.02 Å². The van der Waals surface area contributed by atoms with Crippen LogP contribution in [0.4, 0.5) is 10.5 Å². The summed E-state index contributed by atoms with van der Waals surface area (Å²) in [6.07, 6.45) is -0.826. The standard InChI is InChI=1S/C12H14ClN5O4/c1-4-22-12(20)17-16-11(19)9-6(2)7(13)5-8(21-3)10(9)15-18-14/h5H,4H2,1-3H3,(H,16,19)(H,17,20). The average Bonchev–Trinajstić information content (AvgIpc) is 2.49. The monoisotopic (exact) mass is 327 g/mol. The molecule has 0 saturated carbocycles. The largest absolute Gasteiger partial charge is 0.496 e. The Kier molecular flexibility index (Phi) is 6.30. The van der Waals surface area contributed by atoms with Crippen molar-refractivity contribution in [2.24, 2.45) is 5.11 Å². The van der Waals surface area contributed by atoms with Crippen LogP contribution < -0.4 is 15.6 Å². The Hall–Kier alpha value is -2.64. The highest BCUT2D eigenvalue weighted by atomic mass is 35.5. The van der Waals surface area contributed by atoms with Crippen molar-refractivity contribution in [3.8, 4) is 5.75 Å². The van der Waals surface area contributed by atoms with Gasteiger partial charge >= 0.3 is 6.09 Å². The summed E-state index contributed by atoms with van der Waals surface area (Å²) in [6, 6.07) is 1.43. The highest BCUT2D eigenvalue weighted by Gasteiger charge is 2.21. The number of benzene rings is 1. The number of rotatable bonds is 4. The molecule has 0 bridgehead atoms. The molecule has 2 amide bonds. The van der Waals surface area contributed by atoms with E-state index in [-0.39, 0.29) is 28.6 Å². The smallest absolute Gasteiger partial charge is 0.426 e. The summed E-state index contributed by atoms with van der Waals surface area (Å²) in [5.41, 5.74) is 13.2. The molecule has 2 N–H and O–H groups in total. The van der Waals surface area contributed by atoms with Gasteiger partial charge in [0.15, 0.2) is 0 Å². The fourth-order valence-electron chi connectivity index (χ4n) is 1.63. The maximum absolute atomic E-state index is 12.2. The quantitative estimate of drug-likeness (QED) is 0.381. The molecule has 9 nitrogen and oxygen atoms in total. The number of methoxy groups -OCH3 is 1. The molecule has 0 fully saturated rings. The second kappa shape index (κ2) is 7.96. The molecule has 1 rings (SSSR count). The van der Waals surface area contributed by atoms with Gasteiger partial charge in [-0.15, -0.1) is 0 Å². The molecule has 0 spiro atoms. The molecular weight excluding hydrogens is 314 g/mol. The second-order valence-corrected chi connectivity index (χ2v) is 4.31. The molecule has 0 atom stereocenters. The van der Waals surface area contributed by atoms with Gasteiger partial charge in [0, 0.05) is 9.93 Å². The van der Waals surface area contributed by atoms with Crippen LogP contribution in [-0.4, -0.2) is 25.7 Å². The topological polar surface area (TPSA) is 125 Å². The second-order valence-electron chi connectivity index (χ2n) is 3.90. The van der Waals surface area contributed by atoms with E-state index in [1.165, 1.54) is 13.2 Å². The lowest BCUT2D eigenvalue weighted by molar-refractivity contribution is 0.0912. The molecule has 1 aromatic carbocycles. The maximum atomic E-state index is 12.2. The summed E-state index contributed by atoms with van der Waals surface area (Å²) >= 11 is 6.02. The minimum atomic E-state index is -0.826. The van der Waals surface area contributed by atoms with Crippen LogP contribution >= 0.6 is 11.6 Å². The van der Waals surface area contributed by atoms with Gasteiger partial charge in [-0.1, -0.05) is 16.7 Å². The van der Waals surface area contributed by atoms with Gasteiger partial charge in [0.05, 0.1) is 25.0 Å². The third-order valence-electron chi connectivity index (χ3n) is 2.61. The molecule has 118 valence electrons. The van der Waals surface area contributed by atoms with Crippen LogP contribution in [0.1, 0.15) is 22.8 Å². The van der Waals surface area contributed by atoms with Crippen molar-refractivity contribution in [2.45, 2.75) is 13.8 Å². The van der Waals surface area contributed by atoms with Crippen molar-refractivity contribution in [2.75, 3.05) is 13.7 Å². The van der Waals surface area contributed by atoms with Crippen LogP contribution in [-0.2, 0) is 4.74 Å². The van der Waals surface area contributed by atoms with Gasteiger partial charge in [-0.25, -0.2) is 10.2 Å². The van der Waals surface area contributed by atoms with E-state index in [1.807, 2.05) is 0 Å². The van der Waals surface area contributed by atoms with Gasteiger partial charge in [0.1, 0.15) is 5.75 Å². The van der Waals surface area contributed by atoms with Crippen molar-refractivity contribution in [3.63, 3.8) is 0 Å². The molecule has 0 heterocycles. The van der Waals surface area contributed by atoms with E-state index in [1.54, 1.807) is 13.8 Å². The summed E-state index contributed by atoms with van der Waals surface area (Å²) in [4.78, 5) is 26.1. The van der Waals surface area contributed by atoms with E-state index in [9.17, 15) is 9.59 Å². The molecular formula is C12H14ClN5O4. The lowest BCUT2D eigenvalue weighted by atomic mass is 10.1. The lowest BCUT2D eigenvalue weighted by Crippen LogP contribution is -2.42. The summed E-state index contributed by atoms with van der Waals surface area (Å²) in [5.74, 6) is -0.594. The van der Waals surface area contributed by atoms with Crippen LogP contribution in [0.15, 0.2) is 11.2 Å². The van der Waals surface area contributed by atoms with Gasteiger partial charge in [-0.05, 0) is 31.0 Å². The number of nitrogens with zero attached hydrogens (tertiary/aromatic N) is 3. The van der Waals surface area contributed by atoms with Gasteiger partial charge in [-0.2, -0.15) is 0 Å². The van der Waals surface area contributed by atoms with E-state index < -0.39 is 12.0 Å². The number of hydrazine groups is 1. The number of hydrogen-bond acceptors (Lipinski definition) is 5. The number of ether oxygens (including phenoxy) is 2. The number of nitrogens with one attached hydrogen (secondary N) is 2. The Morgan fingerprint density at radius 3 is 2.68 bits per heavy atom. The number of carbonyl (C=O) groups is 2. The minimum Gasteiger partial charge on any atom is -0.496 e. The molecule has 0 aromatic heterocycles. The zero-order chi connectivity index (χ0) is 16.7. The summed E-state index contributed by atoms with van der Waals surface area (Å²) in [7, 11) is 1.34. The highest BCUT2D eigenvalue weighted by Crippen LogP contribution is 2.38. The van der Waals surface area contributed by atoms with Crippen molar-refractivity contribution >= 4 is 29.3 Å². The summed E-state index contributed by atoms with van der Waals surface area (Å²) in [5, 5.41) is 3.70. The third-order valence-corrected chi connectivity index (χ3v) is 3.00. The van der Waals surface area contributed by atoms with Crippen LogP contribution in [0.5, 0.6) is 5.75 Å². The zero-order valence-electron chi connectivity index (χ0n) is 12.1. The third kappa shape index (κ3) is 3.94. The first-order chi connectivity index (χ1) is 10.5. The maximum Gasteiger partial charge on any atom is 0.426 e. The Morgan fingerprint density at radius 1 is 1.45 bits per heavy atom. The molecule has 0 aliphatic heterocycles. The normalized spacial score (nSPS) is 9.45. The minimum absolute atomic E-state index is 0.0149. The first-order valence-corrected chi connectivity index (χ1v) is 6.49. The number of hydrogen-bond donors (Lipinski definition) is 2. The van der Waals surface area contributed by atoms with E-state index >= 15 is 0 Å². The zero-order valence-corrected chi connectivity index (χ0v) is 12.9. The SMILES string of the molecule is CCOC(=O)NNC(=O)c1c(C)c(Cl)cc(OC)c1N=[N+]=[N-]. The van der Waals surface area contributed by atoms with Crippen molar-refractivity contribution in [1.29, 1.82) is 0 Å². The Labute approximate surface area is 131 Å². The van der Waals surface area contributed by atoms with Crippen molar-refractivity contribution < 1.29 is 19.1 Å². The highest BCUT2D eigenvalue weighted by molar-refractivity contribution is 6.32. The molecule has 0 aliphatic rings. The predicted molar refractivity (Wildman–Crippen MR) is 79.2 cm³/mol. The molecule has 10 heteroatoms. The Bertz CT molecular complexity index is 643. The Morgan fingerprint density at radius 2 is 2.14 bits per heavy atom. The van der Waals surface area contributed by atoms with Gasteiger partial charge < -0.3 is 9.47 Å². The number of halogens is 1. The van der Waals surface area contributed by atoms with Crippen molar-refractivity contribution in [1.82, 2.24) is 10.9 Å². The summed E-state index contributed by atoms with van der Waals surface area (Å²) < 4.78 is 9.65. The van der Waals surface area contributed by atoms with E-state index in [2.05, 4.69) is 25.6 Å². The van der Waals surface area contributed by atoms with Crippen LogP contribution in [0.3, 0.4) is 0 Å². The van der Waals surface area contributed by atoms with Crippen LogP contribution in [0.25, 0.3) is 10.4 Å². The first kappa shape index (κ1) is 17.4. The molecule has 0 radical (unpaired) electrons. The summed E-state index contributed by atoms with van der Waals surface area (Å²) in [6.45, 7) is 3.33.